The molecule has 3 N–H and O–H groups in total. The van der Waals surface area contributed by atoms with Crippen molar-refractivity contribution in [1.82, 2.24) is 38.2 Å². The molecule has 0 radical (unpaired) electrons. The Balaban J connectivity index is 1.09. The van der Waals surface area contributed by atoms with Gasteiger partial charge in [0.2, 0.25) is 12.0 Å². The van der Waals surface area contributed by atoms with Gasteiger partial charge in [-0.1, -0.05) is 35.3 Å². The number of hydrogen-bond acceptors (Lipinski definition) is 15. The molecular formula is C51H52Cl2FIN9O6S-. The van der Waals surface area contributed by atoms with Gasteiger partial charge in [-0.25, -0.2) is 19.2 Å². The van der Waals surface area contributed by atoms with Crippen molar-refractivity contribution in [2.24, 2.45) is 0 Å². The van der Waals surface area contributed by atoms with Crippen LogP contribution in [0.25, 0.3) is 43.2 Å². The van der Waals surface area contributed by atoms with E-state index < -0.39 is 24.0 Å². The average molecular weight is 1140 g/mol. The number of aromatic nitrogens is 5. The predicted octanol–water partition coefficient (Wildman–Crippen LogP) is 6.01. The summed E-state index contributed by atoms with van der Waals surface area (Å²) < 4.78 is 44.2. The molecule has 4 aromatic heterocycles. The van der Waals surface area contributed by atoms with Crippen molar-refractivity contribution in [3.8, 4) is 56.1 Å². The summed E-state index contributed by atoms with van der Waals surface area (Å²) in [6.45, 7) is 9.66. The molecular weight excluding hydrogens is 1080 g/mol. The molecule has 0 saturated carbocycles. The first-order valence-electron chi connectivity index (χ1n) is 23.0. The van der Waals surface area contributed by atoms with Crippen molar-refractivity contribution >= 4 is 56.5 Å². The Labute approximate surface area is 435 Å². The molecule has 4 bridgehead atoms. The number of halogens is 4. The Morgan fingerprint density at radius 1 is 0.944 bits per heavy atom. The van der Waals surface area contributed by atoms with Crippen molar-refractivity contribution in [3.05, 3.63) is 118 Å². The number of fused-ring (bicyclic) bond motifs is 7. The van der Waals surface area contributed by atoms with E-state index in [1.54, 1.807) is 48.8 Å². The van der Waals surface area contributed by atoms with Crippen molar-refractivity contribution in [1.29, 1.82) is 0 Å². The number of anilines is 1. The average Bonchev–Trinajstić information content (AvgIpc) is 3.76. The molecule has 1 fully saturated rings. The van der Waals surface area contributed by atoms with E-state index in [9.17, 15) is 14.3 Å². The van der Waals surface area contributed by atoms with Crippen molar-refractivity contribution < 1.29 is 54.7 Å². The van der Waals surface area contributed by atoms with Crippen LogP contribution in [0.4, 0.5) is 10.2 Å². The zero-order valence-corrected chi connectivity index (χ0v) is 44.0. The zero-order valence-electron chi connectivity index (χ0n) is 39.5. The number of carboxylic acids is 1. The molecule has 15 nitrogen and oxygen atoms in total. The van der Waals surface area contributed by atoms with Crippen LogP contribution in [0.3, 0.4) is 0 Å². The van der Waals surface area contributed by atoms with E-state index in [1.165, 1.54) is 29.8 Å². The number of pyridine rings is 1. The molecule has 0 unspecified atom stereocenters. The zero-order chi connectivity index (χ0) is 49.6. The van der Waals surface area contributed by atoms with Gasteiger partial charge in [0.05, 0.1) is 15.4 Å². The number of likely N-dealkylation sites (N-methyl/N-ethyl adjacent to an activating group) is 1. The summed E-state index contributed by atoms with van der Waals surface area (Å²) in [4.78, 5) is 44.5. The summed E-state index contributed by atoms with van der Waals surface area (Å²) in [7, 11) is 2.10. The van der Waals surface area contributed by atoms with Gasteiger partial charge in [0.1, 0.15) is 47.8 Å². The Bertz CT molecular complexity index is 2990. The Kier molecular flexibility index (Phi) is 16.3. The Hall–Kier alpha value is -5.48. The van der Waals surface area contributed by atoms with Gasteiger partial charge in [-0.2, -0.15) is 0 Å². The minimum absolute atomic E-state index is 0.0250. The fourth-order valence-corrected chi connectivity index (χ4v) is 11.2. The van der Waals surface area contributed by atoms with Gasteiger partial charge in [0.25, 0.3) is 0 Å². The number of rotatable bonds is 14. The maximum atomic E-state index is 14.4. The molecule has 3 aromatic carbocycles. The summed E-state index contributed by atoms with van der Waals surface area (Å²) in [5, 5.41) is 15.3. The number of aliphatic carboxylic acids is 1. The second kappa shape index (κ2) is 22.9. The molecule has 20 heteroatoms. The van der Waals surface area contributed by atoms with Gasteiger partial charge >= 0.3 is 123 Å². The van der Waals surface area contributed by atoms with E-state index in [0.717, 1.165) is 57.1 Å². The second-order valence-corrected chi connectivity index (χ2v) is 20.9. The summed E-state index contributed by atoms with van der Waals surface area (Å²) in [5.74, 6) is 0.806. The molecule has 3 aliphatic rings. The van der Waals surface area contributed by atoms with Crippen molar-refractivity contribution in [2.45, 2.75) is 45.5 Å². The number of nitrogens with zero attached hydrogens (tertiary/aromatic N) is 7. The fourth-order valence-electron chi connectivity index (χ4n) is 8.58. The van der Waals surface area contributed by atoms with Crippen LogP contribution in [-0.2, 0) is 17.8 Å². The number of benzene rings is 3. The third-order valence-corrected chi connectivity index (χ3v) is 15.7. The number of nitrogens with one attached hydrogen (secondary N) is 2. The molecule has 3 aliphatic heterocycles. The first-order chi connectivity index (χ1) is 34.4. The standard InChI is InChI=1S/C51H52Cl2FIN9O6S/c1-29-41-30(2)45(53)46(44(29)52)69-37(25-64-20-18-63(4)19-21-64)27-67-36-11-12-38(68-26-35-14-17-57-48(62-35)32-8-13-40(58-24-32)56-15-5-16-61-55-3)33(22-36)23-39(51(65)66)70-49-43-42(41)47(71-50(43)60-28-59-49)31-6-9-34(54)10-7-31/h6-14,17,22,24,28,37,39,61H,5,15-16,18-21,23,25-27H2,1-4H3,(H,56,58)(H,65,66)/q-1/t37-,39-/m1/s1. The Morgan fingerprint density at radius 3 is 2.45 bits per heavy atom. The van der Waals surface area contributed by atoms with Gasteiger partial charge in [-0.05, 0) is 79.5 Å². The monoisotopic (exact) mass is 1130 g/mol. The Morgan fingerprint density at radius 2 is 1.72 bits per heavy atom. The molecule has 0 spiro atoms. The van der Waals surface area contributed by atoms with Crippen LogP contribution in [0.15, 0.2) is 79.4 Å². The van der Waals surface area contributed by atoms with Crippen molar-refractivity contribution in [3.63, 3.8) is 0 Å². The van der Waals surface area contributed by atoms with Gasteiger partial charge in [-0.3, -0.25) is 4.90 Å². The maximum absolute atomic E-state index is 14.4. The first kappa shape index (κ1) is 50.5. The minimum atomic E-state index is -1.47. The molecule has 372 valence electrons. The fraction of sp³-hybridized carbons (Fsp3) is 0.333. The third-order valence-electron chi connectivity index (χ3n) is 12.4. The van der Waals surface area contributed by atoms with E-state index in [1.807, 2.05) is 26.0 Å². The summed E-state index contributed by atoms with van der Waals surface area (Å²) >= 11 is 16.1. The third kappa shape index (κ3) is 11.7. The molecule has 0 aliphatic carbocycles. The van der Waals surface area contributed by atoms with Crippen LogP contribution in [0.5, 0.6) is 23.1 Å². The van der Waals surface area contributed by atoms with Crippen LogP contribution >= 0.6 is 34.5 Å². The normalized spacial score (nSPS) is 16.5. The van der Waals surface area contributed by atoms with Crippen LogP contribution in [-0.4, -0.2) is 122 Å². The van der Waals surface area contributed by atoms with Gasteiger partial charge in [0, 0.05) is 55.1 Å². The SMILES string of the molecule is C[I-]NCCCNc1ccc(-c2nccc(COc3ccc4cc3C[C@H](C(=O)O)Oc3ncnc5sc(-c6ccc(F)cc6)c(c35)-c3c(C)c(Cl)c(c(Cl)c3C)O[C@H](CN3CCN(C)CC3)CO4)n2)cn1. The van der Waals surface area contributed by atoms with Gasteiger partial charge in [0.15, 0.2) is 5.75 Å². The number of carboxylic acid groups (broad SMARTS) is 1. The van der Waals surface area contributed by atoms with Crippen molar-refractivity contribution in [2.75, 3.05) is 69.7 Å². The summed E-state index contributed by atoms with van der Waals surface area (Å²) in [5.41, 5.74) is 5.10. The van der Waals surface area contributed by atoms with E-state index in [4.69, 9.17) is 47.1 Å². The van der Waals surface area contributed by atoms with E-state index in [2.05, 4.69) is 50.6 Å². The molecule has 71 heavy (non-hydrogen) atoms. The van der Waals surface area contributed by atoms with E-state index in [-0.39, 0.29) is 47.0 Å². The number of carbonyl (C=O) groups is 1. The van der Waals surface area contributed by atoms with Gasteiger partial charge in [-0.15, -0.1) is 11.3 Å². The molecule has 1 saturated heterocycles. The number of ether oxygens (including phenoxy) is 4. The first-order valence-corrected chi connectivity index (χ1v) is 27.9. The van der Waals surface area contributed by atoms with E-state index >= 15 is 0 Å². The molecule has 7 aromatic rings. The van der Waals surface area contributed by atoms with Crippen LogP contribution in [0.1, 0.15) is 28.8 Å². The number of hydrogen-bond donors (Lipinski definition) is 3. The molecule has 7 heterocycles. The number of alkyl halides is 1. The molecule has 2 atom stereocenters. The van der Waals surface area contributed by atoms with E-state index in [0.29, 0.717) is 93.8 Å². The van der Waals surface area contributed by atoms with Crippen LogP contribution in [0.2, 0.25) is 10.0 Å². The molecule has 10 rings (SSSR count). The topological polar surface area (TPSA) is 169 Å². The number of thiophene rings is 1. The van der Waals surface area contributed by atoms with Crippen LogP contribution < -0.4 is 49.3 Å². The quantitative estimate of drug-likeness (QED) is 0.0501. The van der Waals surface area contributed by atoms with Gasteiger partial charge < -0.3 is 29.0 Å². The number of piperazine rings is 1. The molecule has 0 amide bonds. The summed E-state index contributed by atoms with van der Waals surface area (Å²) in [6.07, 6.45) is 3.57. The summed E-state index contributed by atoms with van der Waals surface area (Å²) in [6, 6.07) is 17.0. The second-order valence-electron chi connectivity index (χ2n) is 17.3. The van der Waals surface area contributed by atoms with Crippen LogP contribution in [0, 0.1) is 19.7 Å². The predicted molar refractivity (Wildman–Crippen MR) is 270 cm³/mol.